The van der Waals surface area contributed by atoms with E-state index in [4.69, 9.17) is 10.8 Å². The summed E-state index contributed by atoms with van der Waals surface area (Å²) >= 11 is 0. The number of nitrogens with two attached hydrogens (primary N) is 1. The molecule has 0 fully saturated rings. The van der Waals surface area contributed by atoms with Crippen molar-refractivity contribution < 1.29 is 17.9 Å². The predicted molar refractivity (Wildman–Crippen MR) is 71.6 cm³/mol. The minimum absolute atomic E-state index is 0.0171. The van der Waals surface area contributed by atoms with Crippen LogP contribution in [0.3, 0.4) is 0 Å². The van der Waals surface area contributed by atoms with Crippen LogP contribution in [-0.4, -0.2) is 26.7 Å². The molecule has 0 aliphatic carbocycles. The van der Waals surface area contributed by atoms with Crippen molar-refractivity contribution in [2.75, 3.05) is 18.9 Å². The summed E-state index contributed by atoms with van der Waals surface area (Å²) in [6.07, 6.45) is 0. The molecule has 5 nitrogen and oxygen atoms in total. The summed E-state index contributed by atoms with van der Waals surface area (Å²) in [6, 6.07) is 2.29. The van der Waals surface area contributed by atoms with Gasteiger partial charge in [-0.2, -0.15) is 0 Å². The Morgan fingerprint density at radius 1 is 1.42 bits per heavy atom. The molecule has 0 radical (unpaired) electrons. The molecule has 0 heterocycles. The number of benzene rings is 1. The zero-order chi connectivity index (χ0) is 14.8. The van der Waals surface area contributed by atoms with Gasteiger partial charge in [0.25, 0.3) is 0 Å². The fraction of sp³-hybridized carbons (Fsp3) is 0.500. The quantitative estimate of drug-likeness (QED) is 0.706. The zero-order valence-corrected chi connectivity index (χ0v) is 12.0. The average molecular weight is 290 g/mol. The maximum Gasteiger partial charge on any atom is 0.241 e. The highest BCUT2D eigenvalue weighted by molar-refractivity contribution is 7.89. The Morgan fingerprint density at radius 3 is 2.53 bits per heavy atom. The fourth-order valence-electron chi connectivity index (χ4n) is 1.38. The Morgan fingerprint density at radius 2 is 2.00 bits per heavy atom. The highest BCUT2D eigenvalue weighted by atomic mass is 32.2. The molecular weight excluding hydrogens is 271 g/mol. The van der Waals surface area contributed by atoms with Crippen LogP contribution in [-0.2, 0) is 10.0 Å². The van der Waals surface area contributed by atoms with Gasteiger partial charge >= 0.3 is 0 Å². The number of nitrogen functional groups attached to an aromatic ring is 1. The summed E-state index contributed by atoms with van der Waals surface area (Å²) in [7, 11) is -3.86. The van der Waals surface area contributed by atoms with E-state index in [0.717, 1.165) is 6.07 Å². The Labute approximate surface area is 112 Å². The van der Waals surface area contributed by atoms with Crippen LogP contribution in [0.4, 0.5) is 10.1 Å². The van der Waals surface area contributed by atoms with Crippen LogP contribution in [0, 0.1) is 18.2 Å². The van der Waals surface area contributed by atoms with E-state index in [1.54, 1.807) is 13.8 Å². The second-order valence-electron chi connectivity index (χ2n) is 5.27. The van der Waals surface area contributed by atoms with Crippen molar-refractivity contribution in [2.24, 2.45) is 5.41 Å². The van der Waals surface area contributed by atoms with Crippen molar-refractivity contribution in [3.63, 3.8) is 0 Å². The molecule has 0 spiro atoms. The molecule has 108 valence electrons. The first-order valence-electron chi connectivity index (χ1n) is 5.75. The average Bonchev–Trinajstić information content (AvgIpc) is 2.31. The smallest absolute Gasteiger partial charge is 0.241 e. The molecule has 0 atom stereocenters. The van der Waals surface area contributed by atoms with Crippen molar-refractivity contribution in [1.82, 2.24) is 4.72 Å². The lowest BCUT2D eigenvalue weighted by atomic mass is 9.96. The summed E-state index contributed by atoms with van der Waals surface area (Å²) in [5, 5.41) is 9.09. The van der Waals surface area contributed by atoms with Crippen molar-refractivity contribution in [1.29, 1.82) is 0 Å². The van der Waals surface area contributed by atoms with E-state index in [1.165, 1.54) is 13.0 Å². The van der Waals surface area contributed by atoms with Gasteiger partial charge in [0.2, 0.25) is 10.0 Å². The van der Waals surface area contributed by atoms with Gasteiger partial charge in [0.05, 0.1) is 4.90 Å². The van der Waals surface area contributed by atoms with E-state index in [-0.39, 0.29) is 29.3 Å². The molecule has 0 amide bonds. The van der Waals surface area contributed by atoms with Crippen LogP contribution in [0.1, 0.15) is 19.4 Å². The second-order valence-corrected chi connectivity index (χ2v) is 7.01. The number of nitrogens with one attached hydrogen (secondary N) is 1. The SMILES string of the molecule is Cc1c(F)cc(N)cc1S(=O)(=O)NCC(C)(C)CO. The highest BCUT2D eigenvalue weighted by Gasteiger charge is 2.24. The minimum atomic E-state index is -3.86. The zero-order valence-electron chi connectivity index (χ0n) is 11.2. The van der Waals surface area contributed by atoms with E-state index in [2.05, 4.69) is 4.72 Å². The van der Waals surface area contributed by atoms with E-state index >= 15 is 0 Å². The van der Waals surface area contributed by atoms with Crippen molar-refractivity contribution >= 4 is 15.7 Å². The lowest BCUT2D eigenvalue weighted by molar-refractivity contribution is 0.163. The van der Waals surface area contributed by atoms with Crippen molar-refractivity contribution in [3.8, 4) is 0 Å². The van der Waals surface area contributed by atoms with Gasteiger partial charge in [-0.1, -0.05) is 13.8 Å². The Hall–Kier alpha value is -1.18. The number of halogens is 1. The number of anilines is 1. The van der Waals surface area contributed by atoms with Gasteiger partial charge in [0.15, 0.2) is 0 Å². The van der Waals surface area contributed by atoms with Gasteiger partial charge in [-0.05, 0) is 19.1 Å². The molecule has 19 heavy (non-hydrogen) atoms. The minimum Gasteiger partial charge on any atom is -0.399 e. The first kappa shape index (κ1) is 15.9. The third-order valence-corrected chi connectivity index (χ3v) is 4.30. The third-order valence-electron chi connectivity index (χ3n) is 2.78. The second kappa shape index (κ2) is 5.44. The summed E-state index contributed by atoms with van der Waals surface area (Å²) in [6.45, 7) is 4.67. The van der Waals surface area contributed by atoms with Crippen LogP contribution >= 0.6 is 0 Å². The van der Waals surface area contributed by atoms with Crippen LogP contribution in [0.2, 0.25) is 0 Å². The standard InChI is InChI=1S/C12H19FN2O3S/c1-8-10(13)4-9(14)5-11(8)19(17,18)15-6-12(2,3)7-16/h4-5,15-16H,6-7,14H2,1-3H3. The van der Waals surface area contributed by atoms with E-state index in [1.807, 2.05) is 0 Å². The molecule has 7 heteroatoms. The van der Waals surface area contributed by atoms with E-state index in [0.29, 0.717) is 0 Å². The molecule has 0 unspecified atom stereocenters. The summed E-state index contributed by atoms with van der Waals surface area (Å²) in [5.41, 5.74) is 4.93. The molecule has 0 aliphatic heterocycles. The van der Waals surface area contributed by atoms with Crippen LogP contribution in [0.15, 0.2) is 17.0 Å². The Bertz CT molecular complexity index is 571. The normalized spacial score (nSPS) is 12.7. The molecule has 1 aromatic carbocycles. The van der Waals surface area contributed by atoms with Gasteiger partial charge in [0, 0.05) is 29.8 Å². The van der Waals surface area contributed by atoms with Crippen molar-refractivity contribution in [3.05, 3.63) is 23.5 Å². The van der Waals surface area contributed by atoms with E-state index < -0.39 is 21.3 Å². The van der Waals surface area contributed by atoms with Crippen LogP contribution in [0.25, 0.3) is 0 Å². The largest absolute Gasteiger partial charge is 0.399 e. The Kier molecular flexibility index (Phi) is 4.54. The van der Waals surface area contributed by atoms with Gasteiger partial charge in [0.1, 0.15) is 5.82 Å². The maximum absolute atomic E-state index is 13.5. The number of aliphatic hydroxyl groups excluding tert-OH is 1. The molecule has 0 saturated carbocycles. The topological polar surface area (TPSA) is 92.4 Å². The van der Waals surface area contributed by atoms with Crippen molar-refractivity contribution in [2.45, 2.75) is 25.7 Å². The lowest BCUT2D eigenvalue weighted by Crippen LogP contribution is -2.36. The highest BCUT2D eigenvalue weighted by Crippen LogP contribution is 2.22. The number of rotatable bonds is 5. The predicted octanol–water partition coefficient (Wildman–Crippen LogP) is 1.01. The lowest BCUT2D eigenvalue weighted by Gasteiger charge is -2.22. The monoisotopic (exact) mass is 290 g/mol. The number of hydrogen-bond donors (Lipinski definition) is 3. The van der Waals surface area contributed by atoms with E-state index in [9.17, 15) is 12.8 Å². The molecule has 0 aliphatic rings. The first-order valence-corrected chi connectivity index (χ1v) is 7.23. The first-order chi connectivity index (χ1) is 8.59. The van der Waals surface area contributed by atoms with Crippen LogP contribution < -0.4 is 10.5 Å². The molecule has 1 rings (SSSR count). The number of aliphatic hydroxyl groups is 1. The van der Waals surface area contributed by atoms with Crippen LogP contribution in [0.5, 0.6) is 0 Å². The van der Waals surface area contributed by atoms with Gasteiger partial charge in [-0.25, -0.2) is 17.5 Å². The fourth-order valence-corrected chi connectivity index (χ4v) is 2.90. The summed E-state index contributed by atoms with van der Waals surface area (Å²) in [5.74, 6) is -0.665. The molecule has 0 bridgehead atoms. The molecule has 1 aromatic rings. The summed E-state index contributed by atoms with van der Waals surface area (Å²) < 4.78 is 40.1. The molecular formula is C12H19FN2O3S. The molecule has 0 aromatic heterocycles. The van der Waals surface area contributed by atoms with Gasteiger partial charge < -0.3 is 10.8 Å². The molecule has 0 saturated heterocycles. The van der Waals surface area contributed by atoms with Gasteiger partial charge in [-0.15, -0.1) is 0 Å². The third kappa shape index (κ3) is 3.89. The molecule has 4 N–H and O–H groups in total. The van der Waals surface area contributed by atoms with Gasteiger partial charge in [-0.3, -0.25) is 0 Å². The number of hydrogen-bond acceptors (Lipinski definition) is 4. The maximum atomic E-state index is 13.5. The summed E-state index contributed by atoms with van der Waals surface area (Å²) in [4.78, 5) is -0.182. The number of sulfonamides is 1. The Balaban J connectivity index is 3.08.